The van der Waals surface area contributed by atoms with Crippen LogP contribution in [0.1, 0.15) is 28.4 Å². The van der Waals surface area contributed by atoms with Crippen LogP contribution in [0.15, 0.2) is 28.7 Å². The molecular weight excluding hydrogens is 292 g/mol. The number of furan rings is 1. The smallest absolute Gasteiger partial charge is 0.395 e. The molecule has 0 bridgehead atoms. The van der Waals surface area contributed by atoms with Crippen molar-refractivity contribution in [2.45, 2.75) is 13.0 Å². The summed E-state index contributed by atoms with van der Waals surface area (Å²) in [5, 5.41) is 13.1. The zero-order valence-electron chi connectivity index (χ0n) is 9.75. The van der Waals surface area contributed by atoms with Gasteiger partial charge in [-0.1, -0.05) is 11.6 Å². The predicted octanol–water partition coefficient (Wildman–Crippen LogP) is 3.39. The Morgan fingerprint density at radius 2 is 2.21 bits per heavy atom. The van der Waals surface area contributed by atoms with E-state index < -0.39 is 16.7 Å². The second kappa shape index (κ2) is 5.41. The van der Waals surface area contributed by atoms with Gasteiger partial charge in [0.15, 0.2) is 5.76 Å². The van der Waals surface area contributed by atoms with Crippen molar-refractivity contribution in [1.82, 2.24) is 5.32 Å². The third-order valence-electron chi connectivity index (χ3n) is 2.36. The Morgan fingerprint density at radius 1 is 1.47 bits per heavy atom. The Balaban J connectivity index is 2.06. The lowest BCUT2D eigenvalue weighted by atomic mass is 10.2. The van der Waals surface area contributed by atoms with Crippen LogP contribution in [0.4, 0.5) is 5.88 Å². The summed E-state index contributed by atoms with van der Waals surface area (Å²) in [6.07, 6.45) is 0. The van der Waals surface area contributed by atoms with Gasteiger partial charge in [-0.25, -0.2) is 0 Å². The number of thiophene rings is 1. The van der Waals surface area contributed by atoms with Crippen LogP contribution in [0.5, 0.6) is 0 Å². The number of carbonyl (C=O) groups excluding carboxylic acids is 1. The molecule has 0 saturated carbocycles. The average Bonchev–Trinajstić information content (AvgIpc) is 2.96. The van der Waals surface area contributed by atoms with Crippen LogP contribution in [0.2, 0.25) is 4.34 Å². The summed E-state index contributed by atoms with van der Waals surface area (Å²) >= 11 is 7.16. The highest BCUT2D eigenvalue weighted by molar-refractivity contribution is 7.16. The van der Waals surface area contributed by atoms with Crippen molar-refractivity contribution in [3.8, 4) is 0 Å². The number of nitrogens with zero attached hydrogens (tertiary/aromatic N) is 1. The molecule has 0 radical (unpaired) electrons. The van der Waals surface area contributed by atoms with Gasteiger partial charge in [0, 0.05) is 4.88 Å². The topological polar surface area (TPSA) is 85.4 Å². The van der Waals surface area contributed by atoms with Gasteiger partial charge >= 0.3 is 5.88 Å². The van der Waals surface area contributed by atoms with E-state index in [-0.39, 0.29) is 11.8 Å². The third kappa shape index (κ3) is 3.12. The number of hydrogen-bond donors (Lipinski definition) is 1. The summed E-state index contributed by atoms with van der Waals surface area (Å²) in [5.41, 5.74) is 0. The molecule has 19 heavy (non-hydrogen) atoms. The van der Waals surface area contributed by atoms with Crippen molar-refractivity contribution >= 4 is 34.7 Å². The first-order chi connectivity index (χ1) is 8.97. The van der Waals surface area contributed by atoms with E-state index in [1.54, 1.807) is 13.0 Å². The summed E-state index contributed by atoms with van der Waals surface area (Å²) in [6, 6.07) is 5.70. The number of nitro groups is 1. The molecule has 0 saturated heterocycles. The van der Waals surface area contributed by atoms with Crippen molar-refractivity contribution in [3.05, 3.63) is 49.4 Å². The van der Waals surface area contributed by atoms with Gasteiger partial charge in [0.25, 0.3) is 5.91 Å². The van der Waals surface area contributed by atoms with Crippen molar-refractivity contribution in [3.63, 3.8) is 0 Å². The lowest BCUT2D eigenvalue weighted by molar-refractivity contribution is -0.402. The minimum atomic E-state index is -0.695. The monoisotopic (exact) mass is 300 g/mol. The molecule has 2 heterocycles. The van der Waals surface area contributed by atoms with Gasteiger partial charge in [0.2, 0.25) is 0 Å². The molecule has 0 aliphatic carbocycles. The molecule has 2 aromatic rings. The lowest BCUT2D eigenvalue weighted by Crippen LogP contribution is -2.25. The second-order valence-corrected chi connectivity index (χ2v) is 5.48. The molecule has 0 unspecified atom stereocenters. The summed E-state index contributed by atoms with van der Waals surface area (Å²) < 4.78 is 5.44. The molecule has 6 nitrogen and oxygen atoms in total. The van der Waals surface area contributed by atoms with E-state index in [1.807, 2.05) is 6.07 Å². The average molecular weight is 301 g/mol. The maximum atomic E-state index is 11.8. The number of carbonyl (C=O) groups is 1. The molecule has 1 atom stereocenters. The van der Waals surface area contributed by atoms with E-state index in [9.17, 15) is 14.9 Å². The maximum Gasteiger partial charge on any atom is 0.433 e. The first kappa shape index (κ1) is 13.6. The molecule has 0 fully saturated rings. The molecule has 8 heteroatoms. The molecule has 0 aromatic carbocycles. The van der Waals surface area contributed by atoms with Crippen molar-refractivity contribution in [2.24, 2.45) is 0 Å². The van der Waals surface area contributed by atoms with Crippen LogP contribution in [0, 0.1) is 10.1 Å². The zero-order valence-corrected chi connectivity index (χ0v) is 11.3. The minimum Gasteiger partial charge on any atom is -0.395 e. The maximum absolute atomic E-state index is 11.8. The molecule has 0 aliphatic heterocycles. The van der Waals surface area contributed by atoms with Crippen LogP contribution in [0.3, 0.4) is 0 Å². The standard InChI is InChI=1S/C11H9ClN2O4S/c1-6(8-3-4-9(12)19-8)13-11(15)7-2-5-10(18-7)14(16)17/h2-6H,1H3,(H,13,15)/t6-/m1/s1. The highest BCUT2D eigenvalue weighted by atomic mass is 35.5. The van der Waals surface area contributed by atoms with E-state index in [4.69, 9.17) is 16.0 Å². The van der Waals surface area contributed by atoms with E-state index >= 15 is 0 Å². The van der Waals surface area contributed by atoms with Gasteiger partial charge in [0.1, 0.15) is 4.92 Å². The zero-order chi connectivity index (χ0) is 14.0. The molecule has 1 amide bonds. The van der Waals surface area contributed by atoms with E-state index in [0.717, 1.165) is 10.9 Å². The number of nitrogens with one attached hydrogen (secondary N) is 1. The molecule has 100 valence electrons. The van der Waals surface area contributed by atoms with Gasteiger partial charge in [-0.15, -0.1) is 11.3 Å². The van der Waals surface area contributed by atoms with Gasteiger partial charge in [0.05, 0.1) is 16.4 Å². The van der Waals surface area contributed by atoms with Crippen LogP contribution in [-0.4, -0.2) is 10.8 Å². The van der Waals surface area contributed by atoms with Crippen molar-refractivity contribution in [2.75, 3.05) is 0 Å². The predicted molar refractivity (Wildman–Crippen MR) is 70.6 cm³/mol. The van der Waals surface area contributed by atoms with Crippen molar-refractivity contribution < 1.29 is 14.1 Å². The van der Waals surface area contributed by atoms with E-state index in [0.29, 0.717) is 4.34 Å². The normalized spacial score (nSPS) is 12.1. The molecule has 0 spiro atoms. The first-order valence-electron chi connectivity index (χ1n) is 5.27. The molecular formula is C11H9ClN2O4S. The van der Waals surface area contributed by atoms with Gasteiger partial charge in [-0.05, 0) is 25.1 Å². The molecule has 0 aliphatic rings. The largest absolute Gasteiger partial charge is 0.433 e. The van der Waals surface area contributed by atoms with Crippen molar-refractivity contribution in [1.29, 1.82) is 0 Å². The number of rotatable bonds is 4. The third-order valence-corrected chi connectivity index (χ3v) is 3.78. The number of halogens is 1. The summed E-state index contributed by atoms with van der Waals surface area (Å²) in [4.78, 5) is 22.5. The fraction of sp³-hybridized carbons (Fsp3) is 0.182. The highest BCUT2D eigenvalue weighted by Crippen LogP contribution is 2.27. The van der Waals surface area contributed by atoms with Gasteiger partial charge < -0.3 is 9.73 Å². The summed E-state index contributed by atoms with van der Waals surface area (Å²) in [5.74, 6) is -1.07. The first-order valence-corrected chi connectivity index (χ1v) is 6.47. The SMILES string of the molecule is C[C@@H](NC(=O)c1ccc([N+](=O)[O-])o1)c1ccc(Cl)s1. The lowest BCUT2D eigenvalue weighted by Gasteiger charge is -2.10. The Kier molecular flexibility index (Phi) is 3.87. The Morgan fingerprint density at radius 3 is 2.74 bits per heavy atom. The van der Waals surface area contributed by atoms with Crippen LogP contribution in [-0.2, 0) is 0 Å². The van der Waals surface area contributed by atoms with Gasteiger partial charge in [-0.2, -0.15) is 0 Å². The van der Waals surface area contributed by atoms with Crippen LogP contribution >= 0.6 is 22.9 Å². The molecule has 1 N–H and O–H groups in total. The van der Waals surface area contributed by atoms with Crippen LogP contribution < -0.4 is 5.32 Å². The Hall–Kier alpha value is -1.86. The van der Waals surface area contributed by atoms with E-state index in [2.05, 4.69) is 5.32 Å². The molecule has 2 rings (SSSR count). The van der Waals surface area contributed by atoms with E-state index in [1.165, 1.54) is 17.4 Å². The molecule has 2 aromatic heterocycles. The fourth-order valence-corrected chi connectivity index (χ4v) is 2.51. The quantitative estimate of drug-likeness (QED) is 0.692. The van der Waals surface area contributed by atoms with Crippen LogP contribution in [0.25, 0.3) is 0 Å². The second-order valence-electron chi connectivity index (χ2n) is 3.73. The Bertz CT molecular complexity index is 622. The Labute approximate surface area is 117 Å². The number of hydrogen-bond acceptors (Lipinski definition) is 5. The summed E-state index contributed by atoms with van der Waals surface area (Å²) in [6.45, 7) is 1.79. The fourth-order valence-electron chi connectivity index (χ4n) is 1.45. The number of amides is 1. The minimum absolute atomic E-state index is 0.0961. The van der Waals surface area contributed by atoms with Gasteiger partial charge in [-0.3, -0.25) is 14.9 Å². The highest BCUT2D eigenvalue weighted by Gasteiger charge is 2.19. The summed E-state index contributed by atoms with van der Waals surface area (Å²) in [7, 11) is 0.